The third-order valence-corrected chi connectivity index (χ3v) is 4.74. The number of rotatable bonds is 5. The molecule has 3 rings (SSSR count). The van der Waals surface area contributed by atoms with E-state index in [0.29, 0.717) is 12.8 Å². The highest BCUT2D eigenvalue weighted by Crippen LogP contribution is 2.33. The Hall–Kier alpha value is -2.37. The van der Waals surface area contributed by atoms with Gasteiger partial charge in [0.25, 0.3) is 5.91 Å². The highest BCUT2D eigenvalue weighted by atomic mass is 16.2. The van der Waals surface area contributed by atoms with Crippen LogP contribution in [0.15, 0.2) is 30.3 Å². The molecular weight excluding hydrogens is 306 g/mol. The van der Waals surface area contributed by atoms with E-state index < -0.39 is 5.54 Å². The van der Waals surface area contributed by atoms with E-state index in [-0.39, 0.29) is 30.4 Å². The van der Waals surface area contributed by atoms with Crippen molar-refractivity contribution in [3.05, 3.63) is 35.9 Å². The average molecular weight is 329 g/mol. The van der Waals surface area contributed by atoms with Crippen LogP contribution < -0.4 is 5.32 Å². The van der Waals surface area contributed by atoms with Gasteiger partial charge in [0.15, 0.2) is 0 Å². The molecule has 0 saturated carbocycles. The predicted octanol–water partition coefficient (Wildman–Crippen LogP) is 2.07. The third-order valence-electron chi connectivity index (χ3n) is 4.74. The normalized spacial score (nSPS) is 22.3. The monoisotopic (exact) mass is 329 g/mol. The van der Waals surface area contributed by atoms with E-state index in [9.17, 15) is 14.4 Å². The van der Waals surface area contributed by atoms with Gasteiger partial charge in [0, 0.05) is 19.5 Å². The number of amides is 4. The van der Waals surface area contributed by atoms with Gasteiger partial charge in [-0.05, 0) is 32.3 Å². The van der Waals surface area contributed by atoms with Crippen LogP contribution in [0, 0.1) is 0 Å². The van der Waals surface area contributed by atoms with Gasteiger partial charge in [-0.1, -0.05) is 30.3 Å². The Labute approximate surface area is 141 Å². The van der Waals surface area contributed by atoms with Crippen molar-refractivity contribution in [2.45, 2.75) is 44.7 Å². The number of imide groups is 1. The van der Waals surface area contributed by atoms with E-state index >= 15 is 0 Å². The Balaban J connectivity index is 1.50. The van der Waals surface area contributed by atoms with Crippen LogP contribution in [0.2, 0.25) is 0 Å². The number of carbonyl (C=O) groups excluding carboxylic acids is 3. The van der Waals surface area contributed by atoms with Crippen molar-refractivity contribution < 1.29 is 14.4 Å². The number of hydrogen-bond donors (Lipinski definition) is 1. The summed E-state index contributed by atoms with van der Waals surface area (Å²) in [5.41, 5.74) is 0.310. The van der Waals surface area contributed by atoms with Gasteiger partial charge in [0.2, 0.25) is 5.91 Å². The second-order valence-electron chi connectivity index (χ2n) is 6.92. The van der Waals surface area contributed by atoms with Crippen LogP contribution in [0.4, 0.5) is 4.79 Å². The molecule has 0 bridgehead atoms. The SMILES string of the molecule is CC1(C)NC(=O)N(CCCC(=O)N2CC[C@H]2c2ccccc2)C1=O. The molecule has 4 amide bonds. The van der Waals surface area contributed by atoms with Crippen LogP contribution in [-0.2, 0) is 9.59 Å². The maximum Gasteiger partial charge on any atom is 0.325 e. The quantitative estimate of drug-likeness (QED) is 0.841. The standard InChI is InChI=1S/C18H23N3O3/c1-18(2)16(23)21(17(24)19-18)11-6-9-15(22)20-12-10-14(20)13-7-4-3-5-8-13/h3-5,7-8,14H,6,9-12H2,1-2H3,(H,19,24)/t14-/m0/s1. The number of urea groups is 1. The molecule has 1 N–H and O–H groups in total. The molecule has 0 unspecified atom stereocenters. The van der Waals surface area contributed by atoms with Gasteiger partial charge < -0.3 is 10.2 Å². The summed E-state index contributed by atoms with van der Waals surface area (Å²) in [6, 6.07) is 9.80. The van der Waals surface area contributed by atoms with Crippen LogP contribution in [0.1, 0.15) is 44.7 Å². The fourth-order valence-corrected chi connectivity index (χ4v) is 3.26. The van der Waals surface area contributed by atoms with Crippen molar-refractivity contribution in [1.82, 2.24) is 15.1 Å². The maximum atomic E-state index is 12.4. The molecule has 1 atom stereocenters. The molecular formula is C18H23N3O3. The highest BCUT2D eigenvalue weighted by Gasteiger charge is 2.43. The first-order valence-electron chi connectivity index (χ1n) is 8.39. The summed E-state index contributed by atoms with van der Waals surface area (Å²) in [5, 5.41) is 2.65. The first kappa shape index (κ1) is 16.5. The molecule has 2 aliphatic rings. The van der Waals surface area contributed by atoms with Crippen LogP contribution in [0.5, 0.6) is 0 Å². The smallest absolute Gasteiger partial charge is 0.325 e. The van der Waals surface area contributed by atoms with Gasteiger partial charge >= 0.3 is 6.03 Å². The largest absolute Gasteiger partial charge is 0.336 e. The molecule has 2 saturated heterocycles. The maximum absolute atomic E-state index is 12.4. The molecule has 24 heavy (non-hydrogen) atoms. The molecule has 0 spiro atoms. The molecule has 128 valence electrons. The van der Waals surface area contributed by atoms with E-state index in [1.165, 1.54) is 4.90 Å². The Morgan fingerprint density at radius 3 is 2.50 bits per heavy atom. The molecule has 2 aliphatic heterocycles. The molecule has 1 aromatic carbocycles. The lowest BCUT2D eigenvalue weighted by atomic mass is 9.94. The lowest BCUT2D eigenvalue weighted by Crippen LogP contribution is -2.45. The minimum atomic E-state index is -0.850. The summed E-state index contributed by atoms with van der Waals surface area (Å²) in [7, 11) is 0. The summed E-state index contributed by atoms with van der Waals surface area (Å²) in [6.07, 6.45) is 1.82. The summed E-state index contributed by atoms with van der Waals surface area (Å²) in [4.78, 5) is 39.4. The molecule has 1 aromatic rings. The summed E-state index contributed by atoms with van der Waals surface area (Å²) < 4.78 is 0. The average Bonchev–Trinajstić information content (AvgIpc) is 2.69. The third kappa shape index (κ3) is 3.00. The van der Waals surface area contributed by atoms with Gasteiger partial charge in [-0.3, -0.25) is 14.5 Å². The number of likely N-dealkylation sites (tertiary alicyclic amines) is 1. The van der Waals surface area contributed by atoms with Crippen LogP contribution >= 0.6 is 0 Å². The number of benzene rings is 1. The number of hydrogen-bond acceptors (Lipinski definition) is 3. The topological polar surface area (TPSA) is 69.7 Å². The van der Waals surface area contributed by atoms with Crippen molar-refractivity contribution >= 4 is 17.8 Å². The van der Waals surface area contributed by atoms with E-state index in [4.69, 9.17) is 0 Å². The number of nitrogens with one attached hydrogen (secondary N) is 1. The number of nitrogens with zero attached hydrogens (tertiary/aromatic N) is 2. The summed E-state index contributed by atoms with van der Waals surface area (Å²) in [6.45, 7) is 4.42. The number of carbonyl (C=O) groups is 3. The summed E-state index contributed by atoms with van der Waals surface area (Å²) in [5.74, 6) is -0.146. The van der Waals surface area contributed by atoms with Crippen LogP contribution in [0.25, 0.3) is 0 Å². The van der Waals surface area contributed by atoms with Gasteiger partial charge in [-0.25, -0.2) is 4.79 Å². The van der Waals surface area contributed by atoms with E-state index in [0.717, 1.165) is 18.5 Å². The first-order valence-corrected chi connectivity index (χ1v) is 8.39. The van der Waals surface area contributed by atoms with Gasteiger partial charge in [0.05, 0.1) is 6.04 Å². The fourth-order valence-electron chi connectivity index (χ4n) is 3.26. The van der Waals surface area contributed by atoms with E-state index in [1.54, 1.807) is 13.8 Å². The predicted molar refractivity (Wildman–Crippen MR) is 89.1 cm³/mol. The minimum absolute atomic E-state index is 0.0846. The second kappa shape index (κ2) is 6.26. The zero-order valence-electron chi connectivity index (χ0n) is 14.1. The molecule has 0 aliphatic carbocycles. The molecule has 0 radical (unpaired) electrons. The lowest BCUT2D eigenvalue weighted by Gasteiger charge is -2.41. The first-order chi connectivity index (χ1) is 11.4. The van der Waals surface area contributed by atoms with E-state index in [1.807, 2.05) is 35.2 Å². The van der Waals surface area contributed by atoms with Crippen LogP contribution in [0.3, 0.4) is 0 Å². The van der Waals surface area contributed by atoms with Gasteiger partial charge in [0.1, 0.15) is 5.54 Å². The Morgan fingerprint density at radius 2 is 1.96 bits per heavy atom. The fraction of sp³-hybridized carbons (Fsp3) is 0.500. The van der Waals surface area contributed by atoms with Gasteiger partial charge in [-0.15, -0.1) is 0 Å². The Bertz CT molecular complexity index is 657. The molecule has 6 nitrogen and oxygen atoms in total. The lowest BCUT2D eigenvalue weighted by molar-refractivity contribution is -0.139. The molecule has 2 fully saturated rings. The van der Waals surface area contributed by atoms with Crippen molar-refractivity contribution in [3.8, 4) is 0 Å². The van der Waals surface area contributed by atoms with Crippen molar-refractivity contribution in [1.29, 1.82) is 0 Å². The molecule has 6 heteroatoms. The van der Waals surface area contributed by atoms with Crippen LogP contribution in [-0.4, -0.2) is 46.3 Å². The van der Waals surface area contributed by atoms with Gasteiger partial charge in [-0.2, -0.15) is 0 Å². The van der Waals surface area contributed by atoms with E-state index in [2.05, 4.69) is 5.32 Å². The molecule has 2 heterocycles. The molecule has 0 aromatic heterocycles. The van der Waals surface area contributed by atoms with Crippen molar-refractivity contribution in [3.63, 3.8) is 0 Å². The zero-order chi connectivity index (χ0) is 17.3. The van der Waals surface area contributed by atoms with Crippen molar-refractivity contribution in [2.75, 3.05) is 13.1 Å². The highest BCUT2D eigenvalue weighted by molar-refractivity contribution is 6.06. The zero-order valence-corrected chi connectivity index (χ0v) is 14.1. The Kier molecular flexibility index (Phi) is 4.30. The van der Waals surface area contributed by atoms with Crippen molar-refractivity contribution in [2.24, 2.45) is 0 Å². The second-order valence-corrected chi connectivity index (χ2v) is 6.92. The summed E-state index contributed by atoms with van der Waals surface area (Å²) >= 11 is 0. The Morgan fingerprint density at radius 1 is 1.25 bits per heavy atom. The minimum Gasteiger partial charge on any atom is -0.336 e.